The molecule has 0 bridgehead atoms. The van der Waals surface area contributed by atoms with Crippen LogP contribution < -0.4 is 9.64 Å². The Hall–Kier alpha value is -2.34. The van der Waals surface area contributed by atoms with Crippen LogP contribution in [-0.2, 0) is 11.3 Å². The molecule has 1 saturated carbocycles. The Morgan fingerprint density at radius 3 is 2.96 bits per heavy atom. The largest absolute Gasteiger partial charge is 0.494 e. The predicted molar refractivity (Wildman–Crippen MR) is 88.8 cm³/mol. The topological polar surface area (TPSA) is 55.6 Å². The van der Waals surface area contributed by atoms with E-state index in [0.717, 1.165) is 34.6 Å². The first kappa shape index (κ1) is 14.3. The average Bonchev–Trinajstić information content (AvgIpc) is 3.12. The molecular weight excluding hydrogens is 312 g/mol. The number of hydrogen-bond donors (Lipinski definition) is 0. The van der Waals surface area contributed by atoms with Crippen molar-refractivity contribution in [1.29, 1.82) is 0 Å². The minimum atomic E-state index is 0.124. The molecule has 1 aliphatic rings. The molecule has 118 valence electrons. The van der Waals surface area contributed by atoms with E-state index in [1.165, 1.54) is 11.3 Å². The van der Waals surface area contributed by atoms with Crippen molar-refractivity contribution in [3.63, 3.8) is 0 Å². The maximum atomic E-state index is 12.7. The Labute approximate surface area is 137 Å². The predicted octanol–water partition coefficient (Wildman–Crippen LogP) is 3.84. The van der Waals surface area contributed by atoms with E-state index in [4.69, 9.17) is 9.15 Å². The van der Waals surface area contributed by atoms with Crippen molar-refractivity contribution >= 4 is 32.6 Å². The zero-order valence-corrected chi connectivity index (χ0v) is 13.5. The fraction of sp³-hybridized carbons (Fsp3) is 0.294. The van der Waals surface area contributed by atoms with Crippen molar-refractivity contribution in [2.24, 2.45) is 5.92 Å². The van der Waals surface area contributed by atoms with Crippen LogP contribution in [0.4, 0.5) is 5.13 Å². The normalized spacial score (nSPS) is 14.1. The lowest BCUT2D eigenvalue weighted by atomic mass is 10.3. The highest BCUT2D eigenvalue weighted by Crippen LogP contribution is 2.38. The highest BCUT2D eigenvalue weighted by molar-refractivity contribution is 7.22. The number of rotatable bonds is 5. The van der Waals surface area contributed by atoms with Crippen LogP contribution in [0.1, 0.15) is 18.6 Å². The number of methoxy groups -OCH3 is 1. The summed E-state index contributed by atoms with van der Waals surface area (Å²) in [6, 6.07) is 9.51. The molecule has 2 aromatic heterocycles. The van der Waals surface area contributed by atoms with Gasteiger partial charge in [-0.05, 0) is 37.1 Å². The summed E-state index contributed by atoms with van der Waals surface area (Å²) >= 11 is 1.50. The molecule has 5 nitrogen and oxygen atoms in total. The smallest absolute Gasteiger partial charge is 0.232 e. The minimum absolute atomic E-state index is 0.124. The van der Waals surface area contributed by atoms with Crippen LogP contribution in [0.15, 0.2) is 41.0 Å². The van der Waals surface area contributed by atoms with Gasteiger partial charge in [0.1, 0.15) is 17.0 Å². The molecule has 0 aliphatic heterocycles. The number of carbonyl (C=O) groups excluding carboxylic acids is 1. The highest BCUT2D eigenvalue weighted by atomic mass is 32.1. The van der Waals surface area contributed by atoms with Crippen LogP contribution >= 0.6 is 11.3 Å². The number of benzene rings is 1. The van der Waals surface area contributed by atoms with Gasteiger partial charge in [0.15, 0.2) is 5.13 Å². The molecule has 3 aromatic rings. The molecule has 1 aliphatic carbocycles. The molecular formula is C17H16N2O3S. The molecule has 6 heteroatoms. The van der Waals surface area contributed by atoms with E-state index in [9.17, 15) is 4.79 Å². The van der Waals surface area contributed by atoms with Gasteiger partial charge in [0, 0.05) is 5.92 Å². The van der Waals surface area contributed by atoms with Gasteiger partial charge in [-0.25, -0.2) is 4.98 Å². The zero-order chi connectivity index (χ0) is 15.8. The Bertz CT molecular complexity index is 837. The molecule has 2 heterocycles. The summed E-state index contributed by atoms with van der Waals surface area (Å²) in [5.74, 6) is 1.73. The fourth-order valence-corrected chi connectivity index (χ4v) is 3.53. The lowest BCUT2D eigenvalue weighted by molar-refractivity contribution is -0.120. The fourth-order valence-electron chi connectivity index (χ4n) is 2.54. The lowest BCUT2D eigenvalue weighted by Crippen LogP contribution is -2.31. The van der Waals surface area contributed by atoms with E-state index < -0.39 is 0 Å². The second-order valence-corrected chi connectivity index (χ2v) is 6.59. The maximum absolute atomic E-state index is 12.7. The molecule has 1 fully saturated rings. The number of nitrogens with zero attached hydrogens (tertiary/aromatic N) is 2. The quantitative estimate of drug-likeness (QED) is 0.714. The van der Waals surface area contributed by atoms with Crippen molar-refractivity contribution in [3.05, 3.63) is 42.4 Å². The van der Waals surface area contributed by atoms with Crippen LogP contribution in [0.2, 0.25) is 0 Å². The van der Waals surface area contributed by atoms with E-state index in [1.807, 2.05) is 30.3 Å². The van der Waals surface area contributed by atoms with Gasteiger partial charge in [-0.1, -0.05) is 17.4 Å². The molecule has 0 radical (unpaired) electrons. The molecule has 1 amide bonds. The molecule has 23 heavy (non-hydrogen) atoms. The van der Waals surface area contributed by atoms with Gasteiger partial charge in [-0.2, -0.15) is 0 Å². The highest BCUT2D eigenvalue weighted by Gasteiger charge is 2.35. The van der Waals surface area contributed by atoms with Crippen molar-refractivity contribution in [2.45, 2.75) is 19.4 Å². The zero-order valence-electron chi connectivity index (χ0n) is 12.7. The van der Waals surface area contributed by atoms with Gasteiger partial charge in [0.05, 0.1) is 24.6 Å². The number of thiazole rings is 1. The first-order valence-electron chi connectivity index (χ1n) is 7.53. The summed E-state index contributed by atoms with van der Waals surface area (Å²) in [5, 5.41) is 0.692. The van der Waals surface area contributed by atoms with Gasteiger partial charge in [0.25, 0.3) is 0 Å². The summed E-state index contributed by atoms with van der Waals surface area (Å²) in [6.45, 7) is 0.407. The monoisotopic (exact) mass is 328 g/mol. The second kappa shape index (κ2) is 5.70. The first-order chi connectivity index (χ1) is 11.3. The number of anilines is 1. The van der Waals surface area contributed by atoms with Crippen molar-refractivity contribution in [1.82, 2.24) is 4.98 Å². The Morgan fingerprint density at radius 2 is 2.26 bits per heavy atom. The van der Waals surface area contributed by atoms with Gasteiger partial charge >= 0.3 is 0 Å². The van der Waals surface area contributed by atoms with Crippen molar-refractivity contribution in [3.8, 4) is 5.75 Å². The number of furan rings is 1. The van der Waals surface area contributed by atoms with Crippen LogP contribution in [0.5, 0.6) is 5.75 Å². The summed E-state index contributed by atoms with van der Waals surface area (Å²) < 4.78 is 11.8. The van der Waals surface area contributed by atoms with E-state index in [-0.39, 0.29) is 11.8 Å². The third-order valence-corrected chi connectivity index (χ3v) is 4.95. The SMILES string of the molecule is COc1cccc2sc(N(Cc3ccco3)C(=O)C3CC3)nc12. The molecule has 4 rings (SSSR count). The average molecular weight is 328 g/mol. The first-order valence-corrected chi connectivity index (χ1v) is 8.35. The summed E-state index contributed by atoms with van der Waals surface area (Å²) in [7, 11) is 1.63. The van der Waals surface area contributed by atoms with Gasteiger partial charge in [0.2, 0.25) is 5.91 Å². The van der Waals surface area contributed by atoms with E-state index in [0.29, 0.717) is 11.7 Å². The maximum Gasteiger partial charge on any atom is 0.232 e. The number of ether oxygens (including phenoxy) is 1. The molecule has 0 spiro atoms. The molecule has 0 atom stereocenters. The second-order valence-electron chi connectivity index (χ2n) is 5.58. The number of carbonyl (C=O) groups is 1. The summed E-state index contributed by atoms with van der Waals surface area (Å²) in [6.07, 6.45) is 3.54. The third-order valence-electron chi connectivity index (χ3n) is 3.91. The van der Waals surface area contributed by atoms with Gasteiger partial charge < -0.3 is 9.15 Å². The molecule has 0 unspecified atom stereocenters. The number of aromatic nitrogens is 1. The number of amides is 1. The number of hydrogen-bond acceptors (Lipinski definition) is 5. The minimum Gasteiger partial charge on any atom is -0.494 e. The van der Waals surface area contributed by atoms with Crippen LogP contribution in [0.25, 0.3) is 10.2 Å². The van der Waals surface area contributed by atoms with Gasteiger partial charge in [-0.3, -0.25) is 9.69 Å². The Morgan fingerprint density at radius 1 is 1.39 bits per heavy atom. The molecule has 1 aromatic carbocycles. The standard InChI is InChI=1S/C17H16N2O3S/c1-21-13-5-2-6-14-15(13)18-17(23-14)19(16(20)11-7-8-11)10-12-4-3-9-22-12/h2-6,9,11H,7-8,10H2,1H3. The van der Waals surface area contributed by atoms with E-state index in [2.05, 4.69) is 4.98 Å². The van der Waals surface area contributed by atoms with E-state index in [1.54, 1.807) is 18.3 Å². The van der Waals surface area contributed by atoms with Crippen LogP contribution in [0.3, 0.4) is 0 Å². The Kier molecular flexibility index (Phi) is 3.53. The summed E-state index contributed by atoms with van der Waals surface area (Å²) in [4.78, 5) is 19.1. The van der Waals surface area contributed by atoms with Crippen molar-refractivity contribution < 1.29 is 13.9 Å². The number of fused-ring (bicyclic) bond motifs is 1. The number of para-hydroxylation sites is 1. The van der Waals surface area contributed by atoms with Crippen LogP contribution in [0, 0.1) is 5.92 Å². The van der Waals surface area contributed by atoms with Crippen molar-refractivity contribution in [2.75, 3.05) is 12.0 Å². The Balaban J connectivity index is 1.74. The van der Waals surface area contributed by atoms with E-state index >= 15 is 0 Å². The molecule has 0 saturated heterocycles. The molecule has 0 N–H and O–H groups in total. The lowest BCUT2D eigenvalue weighted by Gasteiger charge is -2.18. The van der Waals surface area contributed by atoms with Gasteiger partial charge in [-0.15, -0.1) is 0 Å². The summed E-state index contributed by atoms with van der Waals surface area (Å²) in [5.41, 5.74) is 0.794. The van der Waals surface area contributed by atoms with Crippen LogP contribution in [-0.4, -0.2) is 18.0 Å². The third kappa shape index (κ3) is 2.70.